The first kappa shape index (κ1) is 76.3. The van der Waals surface area contributed by atoms with E-state index in [0.717, 1.165) is 241 Å². The van der Waals surface area contributed by atoms with E-state index in [1.807, 2.05) is 36.4 Å². The molecule has 1 aliphatic carbocycles. The van der Waals surface area contributed by atoms with Crippen LogP contribution in [0.1, 0.15) is 316 Å². The van der Waals surface area contributed by atoms with Crippen molar-refractivity contribution in [2.24, 2.45) is 0 Å². The van der Waals surface area contributed by atoms with Crippen molar-refractivity contribution in [1.82, 2.24) is 0 Å². The van der Waals surface area contributed by atoms with Crippen molar-refractivity contribution in [3.05, 3.63) is 106 Å². The monoisotopic (exact) mass is 1320 g/mol. The first-order valence-corrected chi connectivity index (χ1v) is 37.6. The van der Waals surface area contributed by atoms with E-state index < -0.39 is 19.6 Å². The standard InChI is InChI=1S/C79H116B2F4O10/c1-9-17-25-33-45-79(46-34-26-18-10-2)67-53-61(69-59-71(94-80(82,83)92-69)63-55-73(86-47-35-27-19-11-3)77(90-51-39-31-23-15-7)74(56-63)87-48-36-28-20-12-4)41-43-65(67)66-44-42-62(54-68(66)79)70-60-72(95-81(84,85)93-70)64-57-75(88-49-37-29-21-13-5)78(91-52-40-32-24-16-8)76(58-64)89-50-38-30-22-14-6/h41-44,53-60H,9-40,45-52H2,1-8H3. The van der Waals surface area contributed by atoms with Gasteiger partial charge in [0.2, 0.25) is 11.5 Å². The molecule has 7 rings (SSSR count). The first-order valence-electron chi connectivity index (χ1n) is 37.6. The lowest BCUT2D eigenvalue weighted by Crippen LogP contribution is -2.31. The van der Waals surface area contributed by atoms with Crippen molar-refractivity contribution >= 4 is 37.3 Å². The molecule has 0 aromatic heterocycles. The molecule has 0 amide bonds. The lowest BCUT2D eigenvalue weighted by Gasteiger charge is -2.33. The number of unbranched alkanes of at least 4 members (excludes halogenated alkanes) is 24. The minimum atomic E-state index is -4.87. The van der Waals surface area contributed by atoms with E-state index in [2.05, 4.69) is 55.4 Å². The van der Waals surface area contributed by atoms with E-state index in [-0.39, 0.29) is 23.1 Å². The Morgan fingerprint density at radius 1 is 0.326 bits per heavy atom. The topological polar surface area (TPSA) is 96.4 Å². The summed E-state index contributed by atoms with van der Waals surface area (Å²) in [5.74, 6) is 2.42. The van der Waals surface area contributed by atoms with Gasteiger partial charge in [0.15, 0.2) is 23.0 Å². The van der Waals surface area contributed by atoms with E-state index in [1.165, 1.54) is 0 Å². The molecular formula is C79H116B2F4O10. The molecule has 0 bridgehead atoms. The largest absolute Gasteiger partial charge is 0.995 e. The maximum Gasteiger partial charge on any atom is 0.995 e. The second-order valence-corrected chi connectivity index (χ2v) is 26.6. The molecule has 10 nitrogen and oxygen atoms in total. The van der Waals surface area contributed by atoms with Crippen LogP contribution in [-0.2, 0) is 14.7 Å². The van der Waals surface area contributed by atoms with E-state index >= 15 is 17.3 Å². The van der Waals surface area contributed by atoms with Crippen LogP contribution in [0.2, 0.25) is 0 Å². The van der Waals surface area contributed by atoms with Crippen LogP contribution in [0, 0.1) is 0 Å². The zero-order valence-electron chi connectivity index (χ0n) is 59.5. The number of hydrogen-bond donors (Lipinski definition) is 0. The average molecular weight is 1320 g/mol. The molecule has 0 saturated carbocycles. The Bertz CT molecular complexity index is 3000. The maximum atomic E-state index is 16.5. The Kier molecular flexibility index (Phi) is 32.6. The van der Waals surface area contributed by atoms with Gasteiger partial charge in [0.1, 0.15) is 0 Å². The minimum Gasteiger partial charge on any atom is -0.569 e. The summed E-state index contributed by atoms with van der Waals surface area (Å²) in [6.45, 7) is 20.0. The highest BCUT2D eigenvalue weighted by Crippen LogP contribution is 2.56. The molecule has 4 aromatic rings. The molecule has 0 atom stereocenters. The summed E-state index contributed by atoms with van der Waals surface area (Å²) in [6.07, 6.45) is 36.5. The van der Waals surface area contributed by atoms with Crippen molar-refractivity contribution in [1.29, 1.82) is 0 Å². The molecule has 0 unspecified atom stereocenters. The summed E-state index contributed by atoms with van der Waals surface area (Å²) in [7, 11) is -9.73. The van der Waals surface area contributed by atoms with E-state index in [1.54, 1.807) is 36.4 Å². The molecule has 0 N–H and O–H groups in total. The fraction of sp³-hybridized carbons (Fsp3) is 0.620. The van der Waals surface area contributed by atoms with Crippen LogP contribution in [0.15, 0.2) is 72.8 Å². The Morgan fingerprint density at radius 2 is 0.621 bits per heavy atom. The molecule has 3 aliphatic rings. The summed E-state index contributed by atoms with van der Waals surface area (Å²) in [6, 6.07) is 18.7. The number of benzene rings is 4. The van der Waals surface area contributed by atoms with Crippen LogP contribution >= 0.6 is 0 Å². The van der Waals surface area contributed by atoms with E-state index in [9.17, 15) is 0 Å². The van der Waals surface area contributed by atoms with Gasteiger partial charge in [-0.1, -0.05) is 241 Å². The van der Waals surface area contributed by atoms with Crippen molar-refractivity contribution in [3.63, 3.8) is 0 Å². The normalized spacial score (nSPS) is 15.0. The van der Waals surface area contributed by atoms with Gasteiger partial charge in [-0.25, -0.2) is 0 Å². The molecular weight excluding hydrogens is 1210 g/mol. The van der Waals surface area contributed by atoms with Gasteiger partial charge in [0, 0.05) is 28.7 Å². The number of ketones is 2. The highest BCUT2D eigenvalue weighted by atomic mass is 19.3. The molecule has 0 fully saturated rings. The smallest absolute Gasteiger partial charge is 0.569 e. The number of ether oxygens (including phenoxy) is 6. The molecule has 0 spiro atoms. The van der Waals surface area contributed by atoms with Gasteiger partial charge in [-0.15, -0.1) is 0 Å². The lowest BCUT2D eigenvalue weighted by atomic mass is 9.70. The van der Waals surface area contributed by atoms with Crippen LogP contribution in [0.3, 0.4) is 0 Å². The summed E-state index contributed by atoms with van der Waals surface area (Å²) in [4.78, 5) is 0. The van der Waals surface area contributed by atoms with Crippen molar-refractivity contribution < 1.29 is 63.7 Å². The molecule has 0 radical (unpaired) electrons. The zero-order valence-corrected chi connectivity index (χ0v) is 59.5. The van der Waals surface area contributed by atoms with Crippen LogP contribution in [-0.4, -0.2) is 65.4 Å². The van der Waals surface area contributed by atoms with Gasteiger partial charge in [0.25, 0.3) is 11.6 Å². The molecule has 16 heteroatoms. The van der Waals surface area contributed by atoms with Crippen molar-refractivity contribution in [2.45, 2.75) is 279 Å². The predicted molar refractivity (Wildman–Crippen MR) is 384 cm³/mol. The average Bonchev–Trinajstić information content (AvgIpc) is 1.57. The number of halogens is 4. The minimum absolute atomic E-state index is 0.0307. The Labute approximate surface area is 568 Å². The highest BCUT2D eigenvalue weighted by molar-refractivity contribution is 6.53. The fourth-order valence-electron chi connectivity index (χ4n) is 13.2. The van der Waals surface area contributed by atoms with Gasteiger partial charge in [-0.3, -0.25) is 0 Å². The molecule has 2 heterocycles. The first-order chi connectivity index (χ1) is 46.3. The number of hydrogen-bond acceptors (Lipinski definition) is 8. The quantitative estimate of drug-likeness (QED) is 0.0187. The Hall–Kier alpha value is -6.05. The summed E-state index contributed by atoms with van der Waals surface area (Å²) < 4.78 is 127. The van der Waals surface area contributed by atoms with Crippen molar-refractivity contribution in [2.75, 3.05) is 39.6 Å². The lowest BCUT2D eigenvalue weighted by molar-refractivity contribution is -0.184. The SMILES string of the molecule is CCCCCCOc1cc(C2=CC(c3ccc4c(c3)C(CCCCCC)(CCCCCC)c3cc(C5=CC(c6cc(OCCCCCC)c(OCCCCCC)c(OCCCCCC)c6)=[O+][B-](F)(F)O5)ccc3-4)=[O+][B-](F)(F)O2)cc(OCCCCCC)c1OCCCCCC. The summed E-state index contributed by atoms with van der Waals surface area (Å²) in [5, 5.41) is 0. The van der Waals surface area contributed by atoms with Crippen molar-refractivity contribution in [3.8, 4) is 45.6 Å². The predicted octanol–water partition coefficient (Wildman–Crippen LogP) is 24.0. The molecule has 526 valence electrons. The van der Waals surface area contributed by atoms with Crippen LogP contribution in [0.4, 0.5) is 17.3 Å². The second kappa shape index (κ2) is 40.6. The Balaban J connectivity index is 1.33. The number of carbonyl (C=O) groups excluding carboxylic acids is 2. The van der Waals surface area contributed by atoms with Crippen LogP contribution in [0.5, 0.6) is 34.5 Å². The van der Waals surface area contributed by atoms with E-state index in [4.69, 9.17) is 46.4 Å². The summed E-state index contributed by atoms with van der Waals surface area (Å²) >= 11 is 0. The number of rotatable bonds is 50. The van der Waals surface area contributed by atoms with Gasteiger partial charge >= 0.3 is 14.2 Å². The third kappa shape index (κ3) is 23.0. The maximum absolute atomic E-state index is 16.5. The third-order valence-corrected chi connectivity index (χ3v) is 18.5. The molecule has 0 saturated heterocycles. The number of fused-ring (bicyclic) bond motifs is 3. The molecule has 2 aliphatic heterocycles. The number of allylic oxidation sites excluding steroid dienone is 2. The van der Waals surface area contributed by atoms with Crippen LogP contribution < -0.4 is 28.4 Å². The molecule has 95 heavy (non-hydrogen) atoms. The Morgan fingerprint density at radius 3 is 0.979 bits per heavy atom. The second-order valence-electron chi connectivity index (χ2n) is 26.6. The zero-order chi connectivity index (χ0) is 67.7. The third-order valence-electron chi connectivity index (χ3n) is 18.5. The van der Waals surface area contributed by atoms with Gasteiger partial charge in [-0.2, -0.15) is 0 Å². The van der Waals surface area contributed by atoms with Gasteiger partial charge in [0.05, 0.1) is 74.4 Å². The van der Waals surface area contributed by atoms with Gasteiger partial charge < -0.3 is 63.7 Å². The van der Waals surface area contributed by atoms with Gasteiger partial charge in [-0.05, 0) is 104 Å². The van der Waals surface area contributed by atoms with E-state index in [0.29, 0.717) is 96.4 Å². The summed E-state index contributed by atoms with van der Waals surface area (Å²) in [5.41, 5.74) is 4.92. The highest BCUT2D eigenvalue weighted by Gasteiger charge is 2.55. The molecule has 4 aromatic carbocycles. The fourth-order valence-corrected chi connectivity index (χ4v) is 13.2. The van der Waals surface area contributed by atoms with Crippen LogP contribution in [0.25, 0.3) is 22.6 Å².